The standard InChI is InChI=1S/C13H18F2O/c1-3-13(4-2,9-16)8-10-5-11(14)7-12(15)6-10/h5-7,16H,3-4,8-9H2,1-2H3. The number of aliphatic hydroxyl groups excluding tert-OH is 1. The summed E-state index contributed by atoms with van der Waals surface area (Å²) in [5.74, 6) is -1.12. The summed E-state index contributed by atoms with van der Waals surface area (Å²) in [6, 6.07) is 3.53. The van der Waals surface area contributed by atoms with E-state index < -0.39 is 11.6 Å². The van der Waals surface area contributed by atoms with Gasteiger partial charge in [-0.1, -0.05) is 13.8 Å². The van der Waals surface area contributed by atoms with Gasteiger partial charge >= 0.3 is 0 Å². The quantitative estimate of drug-likeness (QED) is 0.819. The van der Waals surface area contributed by atoms with Crippen LogP contribution in [0.4, 0.5) is 8.78 Å². The number of hydrogen-bond acceptors (Lipinski definition) is 1. The van der Waals surface area contributed by atoms with Crippen LogP contribution in [0.2, 0.25) is 0 Å². The molecule has 0 aliphatic carbocycles. The van der Waals surface area contributed by atoms with Gasteiger partial charge in [-0.3, -0.25) is 0 Å². The van der Waals surface area contributed by atoms with Crippen LogP contribution in [-0.4, -0.2) is 11.7 Å². The molecule has 0 aromatic heterocycles. The van der Waals surface area contributed by atoms with Crippen molar-refractivity contribution >= 4 is 0 Å². The third-order valence-corrected chi connectivity index (χ3v) is 3.34. The van der Waals surface area contributed by atoms with Gasteiger partial charge in [0, 0.05) is 12.7 Å². The molecular weight excluding hydrogens is 210 g/mol. The number of hydrogen-bond donors (Lipinski definition) is 1. The van der Waals surface area contributed by atoms with Gasteiger partial charge in [0.25, 0.3) is 0 Å². The summed E-state index contributed by atoms with van der Waals surface area (Å²) in [4.78, 5) is 0. The molecule has 0 spiro atoms. The van der Waals surface area contributed by atoms with Crippen LogP contribution in [-0.2, 0) is 6.42 Å². The van der Waals surface area contributed by atoms with Gasteiger partial charge in [0.05, 0.1) is 0 Å². The first-order valence-electron chi connectivity index (χ1n) is 5.61. The van der Waals surface area contributed by atoms with Crippen LogP contribution in [0, 0.1) is 17.0 Å². The lowest BCUT2D eigenvalue weighted by Crippen LogP contribution is -2.26. The smallest absolute Gasteiger partial charge is 0.126 e. The molecule has 0 saturated heterocycles. The van der Waals surface area contributed by atoms with Crippen molar-refractivity contribution in [1.82, 2.24) is 0 Å². The highest BCUT2D eigenvalue weighted by Gasteiger charge is 2.25. The van der Waals surface area contributed by atoms with Crippen molar-refractivity contribution in [2.45, 2.75) is 33.1 Å². The second-order valence-corrected chi connectivity index (χ2v) is 4.32. The predicted octanol–water partition coefficient (Wildman–Crippen LogP) is 3.31. The van der Waals surface area contributed by atoms with Crippen LogP contribution in [0.15, 0.2) is 18.2 Å². The average molecular weight is 228 g/mol. The normalized spacial score (nSPS) is 11.8. The molecule has 16 heavy (non-hydrogen) atoms. The zero-order valence-corrected chi connectivity index (χ0v) is 9.76. The van der Waals surface area contributed by atoms with Crippen LogP contribution < -0.4 is 0 Å². The molecule has 0 saturated carbocycles. The Hall–Kier alpha value is -0.960. The first-order valence-corrected chi connectivity index (χ1v) is 5.61. The Morgan fingerprint density at radius 3 is 1.94 bits per heavy atom. The minimum Gasteiger partial charge on any atom is -0.396 e. The lowest BCUT2D eigenvalue weighted by Gasteiger charge is -2.29. The fraction of sp³-hybridized carbons (Fsp3) is 0.538. The van der Waals surface area contributed by atoms with E-state index in [-0.39, 0.29) is 12.0 Å². The molecule has 1 aromatic carbocycles. The van der Waals surface area contributed by atoms with E-state index in [1.54, 1.807) is 0 Å². The summed E-state index contributed by atoms with van der Waals surface area (Å²) < 4.78 is 26.0. The van der Waals surface area contributed by atoms with Crippen molar-refractivity contribution in [3.63, 3.8) is 0 Å². The highest BCUT2D eigenvalue weighted by atomic mass is 19.1. The monoisotopic (exact) mass is 228 g/mol. The zero-order valence-electron chi connectivity index (χ0n) is 9.76. The van der Waals surface area contributed by atoms with E-state index >= 15 is 0 Å². The van der Waals surface area contributed by atoms with Crippen molar-refractivity contribution in [2.24, 2.45) is 5.41 Å². The molecule has 1 aromatic rings. The van der Waals surface area contributed by atoms with Gasteiger partial charge in [0.1, 0.15) is 11.6 Å². The van der Waals surface area contributed by atoms with Crippen molar-refractivity contribution in [1.29, 1.82) is 0 Å². The Labute approximate surface area is 95.1 Å². The fourth-order valence-corrected chi connectivity index (χ4v) is 1.93. The predicted molar refractivity (Wildman–Crippen MR) is 60.2 cm³/mol. The SMILES string of the molecule is CCC(CC)(CO)Cc1cc(F)cc(F)c1. The summed E-state index contributed by atoms with van der Waals surface area (Å²) in [6.45, 7) is 4.00. The summed E-state index contributed by atoms with van der Waals surface area (Å²) >= 11 is 0. The molecule has 0 atom stereocenters. The molecule has 0 heterocycles. The van der Waals surface area contributed by atoms with Crippen molar-refractivity contribution in [2.75, 3.05) is 6.61 Å². The highest BCUT2D eigenvalue weighted by molar-refractivity contribution is 5.19. The highest BCUT2D eigenvalue weighted by Crippen LogP contribution is 2.30. The number of rotatable bonds is 5. The van der Waals surface area contributed by atoms with E-state index in [1.165, 1.54) is 12.1 Å². The van der Waals surface area contributed by atoms with Crippen molar-refractivity contribution in [3.05, 3.63) is 35.4 Å². The van der Waals surface area contributed by atoms with Gasteiger partial charge in [-0.25, -0.2) is 8.78 Å². The molecule has 0 radical (unpaired) electrons. The van der Waals surface area contributed by atoms with E-state index in [1.807, 2.05) is 13.8 Å². The van der Waals surface area contributed by atoms with Crippen LogP contribution >= 0.6 is 0 Å². The van der Waals surface area contributed by atoms with Gasteiger partial charge < -0.3 is 5.11 Å². The van der Waals surface area contributed by atoms with Gasteiger partial charge in [0.2, 0.25) is 0 Å². The topological polar surface area (TPSA) is 20.2 Å². The maximum Gasteiger partial charge on any atom is 0.126 e. The Kier molecular flexibility index (Phi) is 4.42. The Morgan fingerprint density at radius 2 is 1.56 bits per heavy atom. The molecule has 1 rings (SSSR count). The maximum atomic E-state index is 13.0. The molecule has 0 fully saturated rings. The number of aliphatic hydroxyl groups is 1. The largest absolute Gasteiger partial charge is 0.396 e. The van der Waals surface area contributed by atoms with Crippen LogP contribution in [0.3, 0.4) is 0 Å². The van der Waals surface area contributed by atoms with Crippen LogP contribution in [0.25, 0.3) is 0 Å². The average Bonchev–Trinajstić information content (AvgIpc) is 2.25. The van der Waals surface area contributed by atoms with Gasteiger partial charge in [0.15, 0.2) is 0 Å². The molecule has 0 amide bonds. The molecule has 90 valence electrons. The van der Waals surface area contributed by atoms with Crippen molar-refractivity contribution in [3.8, 4) is 0 Å². The minimum absolute atomic E-state index is 0.0398. The Balaban J connectivity index is 2.93. The Morgan fingerprint density at radius 1 is 1.06 bits per heavy atom. The first-order chi connectivity index (χ1) is 7.55. The molecule has 3 heteroatoms. The lowest BCUT2D eigenvalue weighted by molar-refractivity contribution is 0.115. The molecule has 0 aliphatic rings. The lowest BCUT2D eigenvalue weighted by atomic mass is 9.78. The molecule has 0 bridgehead atoms. The van der Waals surface area contributed by atoms with Crippen LogP contribution in [0.5, 0.6) is 0 Å². The third kappa shape index (κ3) is 3.01. The zero-order chi connectivity index (χ0) is 12.2. The van der Waals surface area contributed by atoms with Gasteiger partial charge in [-0.05, 0) is 42.4 Å². The third-order valence-electron chi connectivity index (χ3n) is 3.34. The van der Waals surface area contributed by atoms with E-state index in [2.05, 4.69) is 0 Å². The first kappa shape index (κ1) is 13.1. The fourth-order valence-electron chi connectivity index (χ4n) is 1.93. The summed E-state index contributed by atoms with van der Waals surface area (Å²) in [6.07, 6.45) is 2.08. The molecular formula is C13H18F2O. The maximum absolute atomic E-state index is 13.0. The second-order valence-electron chi connectivity index (χ2n) is 4.32. The van der Waals surface area contributed by atoms with Gasteiger partial charge in [-0.2, -0.15) is 0 Å². The summed E-state index contributed by atoms with van der Waals surface area (Å²) in [5, 5.41) is 9.39. The van der Waals surface area contributed by atoms with E-state index in [9.17, 15) is 13.9 Å². The summed E-state index contributed by atoms with van der Waals surface area (Å²) in [7, 11) is 0. The minimum atomic E-state index is -0.561. The van der Waals surface area contributed by atoms with Gasteiger partial charge in [-0.15, -0.1) is 0 Å². The number of halogens is 2. The molecule has 0 aliphatic heterocycles. The number of benzene rings is 1. The molecule has 1 nitrogen and oxygen atoms in total. The van der Waals surface area contributed by atoms with E-state index in [0.29, 0.717) is 12.0 Å². The Bertz CT molecular complexity index is 317. The van der Waals surface area contributed by atoms with E-state index in [4.69, 9.17) is 0 Å². The summed E-state index contributed by atoms with van der Waals surface area (Å²) in [5.41, 5.74) is 0.343. The molecule has 0 unspecified atom stereocenters. The van der Waals surface area contributed by atoms with Crippen LogP contribution in [0.1, 0.15) is 32.3 Å². The second kappa shape index (κ2) is 5.39. The van der Waals surface area contributed by atoms with Crippen molar-refractivity contribution < 1.29 is 13.9 Å². The van der Waals surface area contributed by atoms with E-state index in [0.717, 1.165) is 18.9 Å². The molecule has 1 N–H and O–H groups in total.